The molecule has 10 N–H and O–H groups in total. The highest BCUT2D eigenvalue weighted by atomic mass is 16.7. The highest BCUT2D eigenvalue weighted by molar-refractivity contribution is 5.98. The van der Waals surface area contributed by atoms with Crippen LogP contribution in [0.1, 0.15) is 152 Å². The van der Waals surface area contributed by atoms with Gasteiger partial charge >= 0.3 is 47.8 Å². The molecule has 2 unspecified atom stereocenters. The Kier molecular flexibility index (Phi) is 36.0. The smallest absolute Gasteiger partial charge is 0.320 e. The Morgan fingerprint density at radius 2 is 0.708 bits per heavy atom. The number of amides is 2. The number of aliphatic carboxylic acids is 8. The topological polar surface area (TPSA) is 434 Å². The number of aromatic amines is 2. The number of nitrogens with one attached hydrogen (secondary N) is 2. The van der Waals surface area contributed by atoms with Gasteiger partial charge in [-0.2, -0.15) is 10.1 Å². The molecular weight excluding hydrogens is 1380 g/mol. The molecule has 0 aromatic carbocycles. The summed E-state index contributed by atoms with van der Waals surface area (Å²) < 4.78 is 0. The van der Waals surface area contributed by atoms with Gasteiger partial charge in [-0.15, -0.1) is 0 Å². The number of aryl methyl sites for hydroxylation is 4. The van der Waals surface area contributed by atoms with E-state index in [1.807, 2.05) is 60.6 Å². The van der Waals surface area contributed by atoms with Crippen molar-refractivity contribution >= 4 is 104 Å². The zero-order valence-electron chi connectivity index (χ0n) is 63.0. The van der Waals surface area contributed by atoms with E-state index in [0.29, 0.717) is 83.6 Å². The first-order valence-corrected chi connectivity index (χ1v) is 36.4. The van der Waals surface area contributed by atoms with Crippen molar-refractivity contribution in [1.29, 1.82) is 0 Å². The lowest BCUT2D eigenvalue weighted by atomic mass is 9.85. The van der Waals surface area contributed by atoms with Gasteiger partial charge in [-0.1, -0.05) is 40.5 Å². The summed E-state index contributed by atoms with van der Waals surface area (Å²) in [5.74, 6) is -12.2. The summed E-state index contributed by atoms with van der Waals surface area (Å²) in [4.78, 5) is 166. The molecule has 0 aliphatic carbocycles. The van der Waals surface area contributed by atoms with Crippen LogP contribution in [-0.4, -0.2) is 304 Å². The van der Waals surface area contributed by atoms with Crippen LogP contribution in [0, 0.1) is 25.7 Å². The number of carbonyl (C=O) groups excluding carboxylic acids is 2. The van der Waals surface area contributed by atoms with E-state index in [-0.39, 0.29) is 105 Å². The molecule has 0 spiro atoms. The van der Waals surface area contributed by atoms with E-state index in [4.69, 9.17) is 19.6 Å². The average Bonchev–Trinajstić information content (AvgIpc) is 1.61. The third kappa shape index (κ3) is 27.4. The normalized spacial score (nSPS) is 13.1. The van der Waals surface area contributed by atoms with Crippen LogP contribution in [0.5, 0.6) is 0 Å². The maximum Gasteiger partial charge on any atom is 0.320 e. The van der Waals surface area contributed by atoms with Gasteiger partial charge in [-0.05, 0) is 161 Å². The van der Waals surface area contributed by atoms with Crippen molar-refractivity contribution in [1.82, 2.24) is 59.5 Å². The molecule has 32 heteroatoms. The second kappa shape index (κ2) is 43.6. The van der Waals surface area contributed by atoms with Gasteiger partial charge in [-0.25, -0.2) is 9.97 Å². The first kappa shape index (κ1) is 87.6. The molecule has 8 bridgehead atoms. The standard InChI is InChI=1S/C74H110N12O20/c1-11-17-21-83(63(87)39-81(43-69(97)98)27-25-79(41-67(93)94)29-31-85(105-15-5)45-71(101)102)23-19-51(33-65(89)90)73-49(9)57-35-55-47(7)53(13-3)59(75-55)36-56-48(8)54(14-4)60(76-56)37-58-50(10)74(62(78-58)38-61(73)77-57)52(34-66(91)92)20-24-84(22-18-12-2)64(88)40-82(44-70(99)100)28-26-80(42-68(95)96)30-32-86(106-16-6)46-72(103)104/h35-38,51-52,75-76H,11-34,39-46H2,1-10H3,(H,89,90)(H,91,92)(H,93,94)(H,95,96)(H,97,98)(H,99,100)(H,101,102)(H,103,104). The SMILES string of the molecule is CCCCN(CCC(CC(=O)O)C1=C(C)c2cc3[nH]c(cc4[nH]c(cc5nc(cc1n2)C(C(CCN(CCCC)C(=O)CN(CCN(CCN(CC(=O)O)OCC)CC(=O)O)CC(=O)O)CC(=O)O)=C5C)c(CC)c4C)c(CC)c3C)C(=O)CN(CCN(CCN(CC(=O)O)OCC)CC(=O)O)CC(=O)O. The summed E-state index contributed by atoms with van der Waals surface area (Å²) in [6.07, 6.45) is 2.91. The van der Waals surface area contributed by atoms with Gasteiger partial charge in [0.2, 0.25) is 11.8 Å². The third-order valence-electron chi connectivity index (χ3n) is 19.0. The number of fused-ring (bicyclic) bond motifs is 8. The van der Waals surface area contributed by atoms with Crippen LogP contribution in [-0.2, 0) is 70.5 Å². The first-order valence-electron chi connectivity index (χ1n) is 36.4. The summed E-state index contributed by atoms with van der Waals surface area (Å²) in [6.45, 7) is 15.8. The average molecular weight is 1490 g/mol. The van der Waals surface area contributed by atoms with Gasteiger partial charge in [0, 0.05) is 101 Å². The maximum atomic E-state index is 14.7. The van der Waals surface area contributed by atoms with E-state index in [0.717, 1.165) is 44.3 Å². The Morgan fingerprint density at radius 1 is 0.377 bits per heavy atom. The largest absolute Gasteiger partial charge is 0.481 e. The van der Waals surface area contributed by atoms with E-state index >= 15 is 0 Å². The molecule has 3 aromatic rings. The van der Waals surface area contributed by atoms with E-state index in [9.17, 15) is 88.8 Å². The molecule has 0 saturated heterocycles. The lowest BCUT2D eigenvalue weighted by Gasteiger charge is -2.30. The molecule has 32 nitrogen and oxygen atoms in total. The number of allylic oxidation sites excluding steroid dienone is 4. The molecular formula is C74H110N12O20. The van der Waals surface area contributed by atoms with E-state index < -0.39 is 137 Å². The number of aromatic nitrogens is 4. The summed E-state index contributed by atoms with van der Waals surface area (Å²) >= 11 is 0. The van der Waals surface area contributed by atoms with Crippen LogP contribution < -0.4 is 0 Å². The molecule has 2 atom stereocenters. The zero-order valence-corrected chi connectivity index (χ0v) is 63.0. The minimum absolute atomic E-state index is 0.00196. The number of unbranched alkanes of at least 4 members (excludes halogenated alkanes) is 2. The predicted molar refractivity (Wildman–Crippen MR) is 396 cm³/mol. The van der Waals surface area contributed by atoms with Gasteiger partial charge in [0.15, 0.2) is 0 Å². The van der Waals surface area contributed by atoms with Crippen LogP contribution in [0.4, 0.5) is 0 Å². The number of hydrogen-bond donors (Lipinski definition) is 10. The lowest BCUT2D eigenvalue weighted by molar-refractivity contribution is -0.176. The number of nitrogens with zero attached hydrogens (tertiary/aromatic N) is 10. The predicted octanol–water partition coefficient (Wildman–Crippen LogP) is 6.36. The Balaban J connectivity index is 1.66. The Morgan fingerprint density at radius 3 is 1.05 bits per heavy atom. The summed E-state index contributed by atoms with van der Waals surface area (Å²) in [7, 11) is 0. The minimum Gasteiger partial charge on any atom is -0.481 e. The maximum absolute atomic E-state index is 14.7. The third-order valence-corrected chi connectivity index (χ3v) is 19.0. The van der Waals surface area contributed by atoms with Crippen molar-refractivity contribution < 1.29 is 98.5 Å². The monoisotopic (exact) mass is 1490 g/mol. The number of carbonyl (C=O) groups is 10. The molecule has 586 valence electrons. The fraction of sp³-hybridized carbons (Fsp3) is 0.595. The van der Waals surface area contributed by atoms with Crippen LogP contribution in [0.2, 0.25) is 0 Å². The van der Waals surface area contributed by atoms with Crippen molar-refractivity contribution in [3.63, 3.8) is 0 Å². The van der Waals surface area contributed by atoms with Crippen molar-refractivity contribution in [2.75, 3.05) is 144 Å². The minimum atomic E-state index is -1.25. The number of carboxylic acid groups (broad SMARTS) is 8. The van der Waals surface area contributed by atoms with E-state index in [2.05, 4.69) is 23.0 Å². The highest BCUT2D eigenvalue weighted by Gasteiger charge is 2.34. The second-order valence-electron chi connectivity index (χ2n) is 26.8. The molecule has 2 aliphatic heterocycles. The molecule has 3 aromatic heterocycles. The molecule has 0 fully saturated rings. The molecule has 5 rings (SSSR count). The number of H-pyrrole nitrogens is 2. The van der Waals surface area contributed by atoms with Gasteiger partial charge in [0.1, 0.15) is 13.1 Å². The molecule has 2 aliphatic rings. The highest BCUT2D eigenvalue weighted by Crippen LogP contribution is 2.43. The fourth-order valence-electron chi connectivity index (χ4n) is 13.7. The lowest BCUT2D eigenvalue weighted by Crippen LogP contribution is -2.47. The van der Waals surface area contributed by atoms with E-state index in [1.54, 1.807) is 29.7 Å². The zero-order chi connectivity index (χ0) is 78.5. The second-order valence-corrected chi connectivity index (χ2v) is 26.8. The Bertz CT molecular complexity index is 3810. The number of rotatable bonds is 52. The van der Waals surface area contributed by atoms with Crippen LogP contribution in [0.15, 0.2) is 24.3 Å². The summed E-state index contributed by atoms with van der Waals surface area (Å²) in [5.41, 5.74) is 11.2. The van der Waals surface area contributed by atoms with E-state index in [1.165, 1.54) is 29.7 Å². The number of hydroxylamine groups is 4. The van der Waals surface area contributed by atoms with Crippen molar-refractivity contribution in [2.24, 2.45) is 11.8 Å². The van der Waals surface area contributed by atoms with Crippen LogP contribution in [0.25, 0.3) is 44.4 Å². The van der Waals surface area contributed by atoms with Crippen molar-refractivity contribution in [3.8, 4) is 0 Å². The quantitative estimate of drug-likeness (QED) is 0.0275. The van der Waals surface area contributed by atoms with Gasteiger partial charge in [0.25, 0.3) is 0 Å². The van der Waals surface area contributed by atoms with Gasteiger partial charge in [-0.3, -0.25) is 77.2 Å². The molecule has 5 heterocycles. The van der Waals surface area contributed by atoms with Gasteiger partial charge in [0.05, 0.1) is 88.1 Å². The molecule has 2 amide bonds. The first-order chi connectivity index (χ1) is 50.3. The summed E-state index contributed by atoms with van der Waals surface area (Å²) in [5, 5.41) is 82.9. The van der Waals surface area contributed by atoms with Crippen LogP contribution in [0.3, 0.4) is 0 Å². The van der Waals surface area contributed by atoms with Gasteiger partial charge < -0.3 is 60.6 Å². The van der Waals surface area contributed by atoms with Crippen molar-refractivity contribution in [3.05, 3.63) is 69.3 Å². The van der Waals surface area contributed by atoms with Crippen LogP contribution >= 0.6 is 0 Å². The molecule has 0 radical (unpaired) electrons. The number of hydrogen-bond acceptors (Lipinski definition) is 20. The molecule has 0 saturated carbocycles. The number of carboxylic acids is 8. The fourth-order valence-corrected chi connectivity index (χ4v) is 13.7. The van der Waals surface area contributed by atoms with Crippen molar-refractivity contribution in [2.45, 2.75) is 133 Å². The summed E-state index contributed by atoms with van der Waals surface area (Å²) in [6, 6.07) is 7.66. The molecule has 106 heavy (non-hydrogen) atoms. The Labute approximate surface area is 618 Å². The Hall–Kier alpha value is -9.02.